The minimum absolute atomic E-state index is 0.249. The molecular formula is C10H14N4O3. The van der Waals surface area contributed by atoms with Gasteiger partial charge in [-0.2, -0.15) is 10.2 Å². The number of hydrazone groups is 1. The number of aromatic nitrogens is 2. The van der Waals surface area contributed by atoms with Crippen LogP contribution in [0.2, 0.25) is 0 Å². The lowest BCUT2D eigenvalue weighted by Gasteiger charge is -1.98. The summed E-state index contributed by atoms with van der Waals surface area (Å²) in [4.78, 5) is 21.7. The zero-order valence-electron chi connectivity index (χ0n) is 9.47. The van der Waals surface area contributed by atoms with E-state index in [2.05, 4.69) is 20.7 Å². The largest absolute Gasteiger partial charge is 0.466 e. The Morgan fingerprint density at radius 1 is 1.65 bits per heavy atom. The average molecular weight is 238 g/mol. The number of hydrogen-bond acceptors (Lipinski definition) is 6. The second kappa shape index (κ2) is 7.15. The lowest BCUT2D eigenvalue weighted by Crippen LogP contribution is -2.07. The van der Waals surface area contributed by atoms with Crippen molar-refractivity contribution in [1.82, 2.24) is 10.2 Å². The molecule has 2 N–H and O–H groups in total. The Morgan fingerprint density at radius 2 is 2.47 bits per heavy atom. The zero-order chi connectivity index (χ0) is 12.5. The highest BCUT2D eigenvalue weighted by molar-refractivity contribution is 5.73. The standard InChI is InChI=1S/C10H14N4O3/c1-2-17-10(16)4-3-7-11-12-8-5-6-9(15)14-13-8/h5-7H,2-4H2,1H3,(H,12,13)(H,14,15). The van der Waals surface area contributed by atoms with E-state index in [1.54, 1.807) is 13.1 Å². The first-order valence-corrected chi connectivity index (χ1v) is 5.21. The van der Waals surface area contributed by atoms with Gasteiger partial charge >= 0.3 is 5.97 Å². The molecule has 0 fully saturated rings. The minimum atomic E-state index is -0.276. The van der Waals surface area contributed by atoms with Gasteiger partial charge in [-0.05, 0) is 19.4 Å². The molecule has 0 aliphatic rings. The fourth-order valence-electron chi connectivity index (χ4n) is 0.999. The highest BCUT2D eigenvalue weighted by atomic mass is 16.5. The Balaban J connectivity index is 2.24. The van der Waals surface area contributed by atoms with E-state index in [4.69, 9.17) is 4.74 Å². The summed E-state index contributed by atoms with van der Waals surface area (Å²) >= 11 is 0. The molecule has 0 atom stereocenters. The van der Waals surface area contributed by atoms with E-state index in [-0.39, 0.29) is 17.9 Å². The SMILES string of the molecule is CCOC(=O)CCC=NNc1ccc(=O)[nH]n1. The van der Waals surface area contributed by atoms with Crippen molar-refractivity contribution in [2.75, 3.05) is 12.0 Å². The van der Waals surface area contributed by atoms with Crippen molar-refractivity contribution in [3.8, 4) is 0 Å². The van der Waals surface area contributed by atoms with Crippen molar-refractivity contribution >= 4 is 18.0 Å². The summed E-state index contributed by atoms with van der Waals surface area (Å²) < 4.78 is 4.75. The molecule has 17 heavy (non-hydrogen) atoms. The van der Waals surface area contributed by atoms with E-state index in [0.717, 1.165) is 0 Å². The van der Waals surface area contributed by atoms with E-state index in [9.17, 15) is 9.59 Å². The summed E-state index contributed by atoms with van der Waals surface area (Å²) in [6.45, 7) is 2.14. The number of ether oxygens (including phenoxy) is 1. The zero-order valence-corrected chi connectivity index (χ0v) is 9.47. The minimum Gasteiger partial charge on any atom is -0.466 e. The normalized spacial score (nSPS) is 10.4. The predicted octanol–water partition coefficient (Wildman–Crippen LogP) is 0.511. The second-order valence-corrected chi connectivity index (χ2v) is 3.07. The molecule has 1 aromatic heterocycles. The van der Waals surface area contributed by atoms with Gasteiger partial charge in [-0.1, -0.05) is 0 Å². The third kappa shape index (κ3) is 5.45. The molecule has 0 aliphatic carbocycles. The van der Waals surface area contributed by atoms with Crippen LogP contribution in [-0.2, 0) is 9.53 Å². The molecule has 0 saturated carbocycles. The maximum absolute atomic E-state index is 11.0. The van der Waals surface area contributed by atoms with Gasteiger partial charge < -0.3 is 4.74 Å². The molecular weight excluding hydrogens is 224 g/mol. The van der Waals surface area contributed by atoms with Gasteiger partial charge in [0.25, 0.3) is 5.56 Å². The van der Waals surface area contributed by atoms with E-state index in [1.807, 2.05) is 0 Å². The number of H-pyrrole nitrogens is 1. The quantitative estimate of drug-likeness (QED) is 0.427. The Kier molecular flexibility index (Phi) is 5.42. The number of aromatic amines is 1. The molecule has 0 aliphatic heterocycles. The highest BCUT2D eigenvalue weighted by Gasteiger charge is 1.98. The number of rotatable bonds is 6. The Morgan fingerprint density at radius 3 is 3.12 bits per heavy atom. The average Bonchev–Trinajstić information content (AvgIpc) is 2.31. The molecule has 1 rings (SSSR count). The van der Waals surface area contributed by atoms with Crippen LogP contribution in [0.15, 0.2) is 22.0 Å². The van der Waals surface area contributed by atoms with Gasteiger partial charge in [0.1, 0.15) is 0 Å². The highest BCUT2D eigenvalue weighted by Crippen LogP contribution is 1.95. The van der Waals surface area contributed by atoms with Crippen LogP contribution in [0.1, 0.15) is 19.8 Å². The van der Waals surface area contributed by atoms with E-state index >= 15 is 0 Å². The first-order chi connectivity index (χ1) is 8.22. The summed E-state index contributed by atoms with van der Waals surface area (Å²) in [5, 5.41) is 9.78. The fraction of sp³-hybridized carbons (Fsp3) is 0.400. The number of hydrogen-bond donors (Lipinski definition) is 2. The van der Waals surface area contributed by atoms with Crippen LogP contribution in [0.5, 0.6) is 0 Å². The van der Waals surface area contributed by atoms with Crippen LogP contribution in [0.4, 0.5) is 5.82 Å². The van der Waals surface area contributed by atoms with Crippen LogP contribution >= 0.6 is 0 Å². The molecule has 0 saturated heterocycles. The van der Waals surface area contributed by atoms with Crippen LogP contribution in [0, 0.1) is 0 Å². The third-order valence-corrected chi connectivity index (χ3v) is 1.73. The van der Waals surface area contributed by atoms with Crippen LogP contribution in [0.3, 0.4) is 0 Å². The molecule has 92 valence electrons. The molecule has 0 amide bonds. The monoisotopic (exact) mass is 238 g/mol. The lowest BCUT2D eigenvalue weighted by molar-refractivity contribution is -0.142. The summed E-state index contributed by atoms with van der Waals surface area (Å²) in [6.07, 6.45) is 2.32. The van der Waals surface area contributed by atoms with Gasteiger partial charge in [0.15, 0.2) is 5.82 Å². The first-order valence-electron chi connectivity index (χ1n) is 5.21. The van der Waals surface area contributed by atoms with Gasteiger partial charge in [-0.15, -0.1) is 0 Å². The first kappa shape index (κ1) is 12.9. The smallest absolute Gasteiger partial charge is 0.306 e. The molecule has 0 spiro atoms. The molecule has 0 radical (unpaired) electrons. The van der Waals surface area contributed by atoms with E-state index in [1.165, 1.54) is 12.1 Å². The maximum Gasteiger partial charge on any atom is 0.306 e. The summed E-state index contributed by atoms with van der Waals surface area (Å²) in [6, 6.07) is 2.84. The van der Waals surface area contributed by atoms with Crippen molar-refractivity contribution in [3.05, 3.63) is 22.5 Å². The Labute approximate surface area is 97.9 Å². The molecule has 0 bridgehead atoms. The maximum atomic E-state index is 11.0. The number of esters is 1. The fourth-order valence-corrected chi connectivity index (χ4v) is 0.999. The molecule has 7 heteroatoms. The summed E-state index contributed by atoms with van der Waals surface area (Å²) in [5.41, 5.74) is 2.34. The van der Waals surface area contributed by atoms with Gasteiger partial charge in [-0.3, -0.25) is 15.0 Å². The number of carbonyl (C=O) groups excluding carboxylic acids is 1. The topological polar surface area (TPSA) is 96.4 Å². The van der Waals surface area contributed by atoms with Gasteiger partial charge in [0, 0.05) is 12.3 Å². The second-order valence-electron chi connectivity index (χ2n) is 3.07. The van der Waals surface area contributed by atoms with Crippen molar-refractivity contribution < 1.29 is 9.53 Å². The van der Waals surface area contributed by atoms with Crippen molar-refractivity contribution in [2.24, 2.45) is 5.10 Å². The third-order valence-electron chi connectivity index (χ3n) is 1.73. The predicted molar refractivity (Wildman–Crippen MR) is 62.8 cm³/mol. The summed E-state index contributed by atoms with van der Waals surface area (Å²) in [7, 11) is 0. The van der Waals surface area contributed by atoms with Gasteiger partial charge in [-0.25, -0.2) is 5.10 Å². The van der Waals surface area contributed by atoms with Gasteiger partial charge in [0.05, 0.1) is 13.0 Å². The number of nitrogens with zero attached hydrogens (tertiary/aromatic N) is 2. The van der Waals surface area contributed by atoms with E-state index < -0.39 is 0 Å². The summed E-state index contributed by atoms with van der Waals surface area (Å²) in [5.74, 6) is 0.179. The molecule has 1 heterocycles. The van der Waals surface area contributed by atoms with Crippen LogP contribution < -0.4 is 11.0 Å². The molecule has 0 aromatic carbocycles. The number of nitrogens with one attached hydrogen (secondary N) is 2. The van der Waals surface area contributed by atoms with Crippen LogP contribution in [0.25, 0.3) is 0 Å². The van der Waals surface area contributed by atoms with Gasteiger partial charge in [0.2, 0.25) is 0 Å². The Hall–Kier alpha value is -2.18. The molecule has 0 unspecified atom stereocenters. The van der Waals surface area contributed by atoms with E-state index in [0.29, 0.717) is 18.8 Å². The lowest BCUT2D eigenvalue weighted by atomic mass is 10.3. The Bertz CT molecular complexity index is 421. The van der Waals surface area contributed by atoms with Crippen LogP contribution in [-0.4, -0.2) is 29.0 Å². The molecule has 1 aromatic rings. The molecule has 7 nitrogen and oxygen atoms in total. The van der Waals surface area contributed by atoms with Crippen molar-refractivity contribution in [3.63, 3.8) is 0 Å². The van der Waals surface area contributed by atoms with Crippen molar-refractivity contribution in [2.45, 2.75) is 19.8 Å². The van der Waals surface area contributed by atoms with Crippen molar-refractivity contribution in [1.29, 1.82) is 0 Å². The number of anilines is 1. The number of carbonyl (C=O) groups is 1.